The normalized spacial score (nSPS) is 10.0. The predicted molar refractivity (Wildman–Crippen MR) is 54.1 cm³/mol. The Morgan fingerprint density at radius 2 is 2.23 bits per heavy atom. The molecule has 1 aromatic heterocycles. The number of Topliss-reactive ketones (excluding diaryl/α,β-unsaturated/α-hetero) is 1. The highest BCUT2D eigenvalue weighted by Gasteiger charge is 2.17. The van der Waals surface area contributed by atoms with Gasteiger partial charge in [-0.3, -0.25) is 4.79 Å². The molecule has 0 saturated heterocycles. The number of hydrogen-bond acceptors (Lipinski definition) is 3. The Bertz CT molecular complexity index is 356. The van der Waals surface area contributed by atoms with Crippen LogP contribution in [0.3, 0.4) is 0 Å². The number of thiophene rings is 1. The molecule has 13 heavy (non-hydrogen) atoms. The van der Waals surface area contributed by atoms with Crippen LogP contribution in [-0.2, 0) is 0 Å². The number of carbonyl (C=O) groups is 2. The lowest BCUT2D eigenvalue weighted by molar-refractivity contribution is 0.0701. The molecule has 70 valence electrons. The summed E-state index contributed by atoms with van der Waals surface area (Å²) in [7, 11) is 0. The fourth-order valence-corrected chi connectivity index (χ4v) is 2.21. The SMILES string of the molecule is Cc1c(C(=O)CBr)csc1C(=O)O. The van der Waals surface area contributed by atoms with Gasteiger partial charge >= 0.3 is 5.97 Å². The summed E-state index contributed by atoms with van der Waals surface area (Å²) in [5.74, 6) is -1.06. The van der Waals surface area contributed by atoms with Gasteiger partial charge in [0, 0.05) is 10.9 Å². The van der Waals surface area contributed by atoms with Crippen LogP contribution in [0.5, 0.6) is 0 Å². The number of hydrogen-bond donors (Lipinski definition) is 1. The molecule has 3 nitrogen and oxygen atoms in total. The third-order valence-corrected chi connectivity index (χ3v) is 3.23. The van der Waals surface area contributed by atoms with Gasteiger partial charge < -0.3 is 5.11 Å². The molecule has 0 unspecified atom stereocenters. The van der Waals surface area contributed by atoms with Crippen molar-refractivity contribution >= 4 is 39.0 Å². The molecule has 0 fully saturated rings. The lowest BCUT2D eigenvalue weighted by Gasteiger charge is -1.95. The molecule has 0 atom stereocenters. The quantitative estimate of drug-likeness (QED) is 0.672. The van der Waals surface area contributed by atoms with Crippen LogP contribution in [0, 0.1) is 6.92 Å². The van der Waals surface area contributed by atoms with Crippen molar-refractivity contribution in [1.82, 2.24) is 0 Å². The standard InChI is InChI=1S/C8H7BrO3S/c1-4-5(6(10)2-9)3-13-7(4)8(11)12/h3H,2H2,1H3,(H,11,12). The topological polar surface area (TPSA) is 54.4 Å². The van der Waals surface area contributed by atoms with Gasteiger partial charge in [0.05, 0.1) is 5.33 Å². The van der Waals surface area contributed by atoms with E-state index in [4.69, 9.17) is 5.11 Å². The molecule has 1 rings (SSSR count). The van der Waals surface area contributed by atoms with E-state index in [1.807, 2.05) is 0 Å². The average molecular weight is 263 g/mol. The average Bonchev–Trinajstić information content (AvgIpc) is 2.46. The lowest BCUT2D eigenvalue weighted by Crippen LogP contribution is -2.02. The molecule has 0 aromatic carbocycles. The van der Waals surface area contributed by atoms with Gasteiger partial charge in [-0.05, 0) is 12.5 Å². The first-order valence-corrected chi connectivity index (χ1v) is 5.48. The van der Waals surface area contributed by atoms with E-state index in [1.165, 1.54) is 0 Å². The summed E-state index contributed by atoms with van der Waals surface area (Å²) in [6.45, 7) is 1.65. The summed E-state index contributed by atoms with van der Waals surface area (Å²) in [5, 5.41) is 10.5. The van der Waals surface area contributed by atoms with Crippen molar-refractivity contribution in [3.05, 3.63) is 21.4 Å². The molecule has 1 N–H and O–H groups in total. The monoisotopic (exact) mass is 262 g/mol. The number of rotatable bonds is 3. The lowest BCUT2D eigenvalue weighted by atomic mass is 10.1. The Kier molecular flexibility index (Phi) is 3.22. The Labute approximate surface area is 87.5 Å². The largest absolute Gasteiger partial charge is 0.477 e. The third-order valence-electron chi connectivity index (χ3n) is 1.66. The summed E-state index contributed by atoms with van der Waals surface area (Å²) in [6, 6.07) is 0. The second-order valence-electron chi connectivity index (χ2n) is 2.47. The molecule has 0 spiro atoms. The van der Waals surface area contributed by atoms with E-state index in [9.17, 15) is 9.59 Å². The van der Waals surface area contributed by atoms with Crippen LogP contribution in [0.25, 0.3) is 0 Å². The van der Waals surface area contributed by atoms with Gasteiger partial charge in [0.15, 0.2) is 5.78 Å². The number of carboxylic acid groups (broad SMARTS) is 1. The van der Waals surface area contributed by atoms with Gasteiger partial charge in [0.1, 0.15) is 4.88 Å². The van der Waals surface area contributed by atoms with Gasteiger partial charge in [-0.25, -0.2) is 4.79 Å². The summed E-state index contributed by atoms with van der Waals surface area (Å²) >= 11 is 4.13. The van der Waals surface area contributed by atoms with Gasteiger partial charge in [0.25, 0.3) is 0 Å². The number of alkyl halides is 1. The van der Waals surface area contributed by atoms with E-state index in [-0.39, 0.29) is 16.0 Å². The maximum absolute atomic E-state index is 11.2. The van der Waals surface area contributed by atoms with Gasteiger partial charge in [-0.2, -0.15) is 0 Å². The summed E-state index contributed by atoms with van der Waals surface area (Å²) < 4.78 is 0. The number of aromatic carboxylic acids is 1. The first-order chi connectivity index (χ1) is 6.07. The van der Waals surface area contributed by atoms with Crippen molar-refractivity contribution in [1.29, 1.82) is 0 Å². The second kappa shape index (κ2) is 4.02. The fraction of sp³-hybridized carbons (Fsp3) is 0.250. The van der Waals surface area contributed by atoms with E-state index in [0.717, 1.165) is 11.3 Å². The van der Waals surface area contributed by atoms with Crippen LogP contribution in [0.4, 0.5) is 0 Å². The third kappa shape index (κ3) is 1.97. The van der Waals surface area contributed by atoms with Crippen molar-refractivity contribution in [2.24, 2.45) is 0 Å². The van der Waals surface area contributed by atoms with Crippen molar-refractivity contribution < 1.29 is 14.7 Å². The predicted octanol–water partition coefficient (Wildman–Crippen LogP) is 2.33. The summed E-state index contributed by atoms with van der Waals surface area (Å²) in [4.78, 5) is 22.1. The molecule has 0 aliphatic rings. The molecule has 0 bridgehead atoms. The van der Waals surface area contributed by atoms with Crippen LogP contribution in [0.2, 0.25) is 0 Å². The van der Waals surface area contributed by atoms with Crippen molar-refractivity contribution in [2.75, 3.05) is 5.33 Å². The van der Waals surface area contributed by atoms with Gasteiger partial charge in [-0.15, -0.1) is 11.3 Å². The first kappa shape index (κ1) is 10.4. The molecular formula is C8H7BrO3S. The Balaban J connectivity index is 3.13. The van der Waals surface area contributed by atoms with Gasteiger partial charge in [-0.1, -0.05) is 15.9 Å². The highest BCUT2D eigenvalue weighted by molar-refractivity contribution is 9.09. The van der Waals surface area contributed by atoms with E-state index < -0.39 is 5.97 Å². The molecule has 0 radical (unpaired) electrons. The second-order valence-corrected chi connectivity index (χ2v) is 3.91. The maximum Gasteiger partial charge on any atom is 0.346 e. The van der Waals surface area contributed by atoms with E-state index in [1.54, 1.807) is 12.3 Å². The number of halogens is 1. The minimum absolute atomic E-state index is 0.0822. The first-order valence-electron chi connectivity index (χ1n) is 3.48. The summed E-state index contributed by atoms with van der Waals surface area (Å²) in [5.41, 5.74) is 1.06. The zero-order chi connectivity index (χ0) is 10.0. The van der Waals surface area contributed by atoms with Crippen LogP contribution < -0.4 is 0 Å². The molecular weight excluding hydrogens is 256 g/mol. The maximum atomic E-state index is 11.2. The minimum Gasteiger partial charge on any atom is -0.477 e. The number of carbonyl (C=O) groups excluding carboxylic acids is 1. The number of ketones is 1. The molecule has 0 aliphatic heterocycles. The smallest absolute Gasteiger partial charge is 0.346 e. The van der Waals surface area contributed by atoms with Crippen LogP contribution >= 0.6 is 27.3 Å². The van der Waals surface area contributed by atoms with Gasteiger partial charge in [0.2, 0.25) is 0 Å². The molecule has 0 aliphatic carbocycles. The molecule has 1 heterocycles. The molecule has 1 aromatic rings. The highest BCUT2D eigenvalue weighted by atomic mass is 79.9. The number of carboxylic acids is 1. The Morgan fingerprint density at radius 3 is 2.62 bits per heavy atom. The zero-order valence-electron chi connectivity index (χ0n) is 6.83. The Hall–Kier alpha value is -0.680. The molecule has 5 heteroatoms. The van der Waals surface area contributed by atoms with Crippen molar-refractivity contribution in [3.63, 3.8) is 0 Å². The van der Waals surface area contributed by atoms with E-state index in [2.05, 4.69) is 15.9 Å². The van der Waals surface area contributed by atoms with Crippen LogP contribution in [0.15, 0.2) is 5.38 Å². The van der Waals surface area contributed by atoms with E-state index >= 15 is 0 Å². The van der Waals surface area contributed by atoms with E-state index in [0.29, 0.717) is 11.1 Å². The zero-order valence-corrected chi connectivity index (χ0v) is 9.24. The summed E-state index contributed by atoms with van der Waals surface area (Å²) in [6.07, 6.45) is 0. The van der Waals surface area contributed by atoms with Crippen LogP contribution in [0.1, 0.15) is 25.6 Å². The van der Waals surface area contributed by atoms with Crippen molar-refractivity contribution in [2.45, 2.75) is 6.92 Å². The van der Waals surface area contributed by atoms with Crippen molar-refractivity contribution in [3.8, 4) is 0 Å². The molecule has 0 amide bonds. The fourth-order valence-electron chi connectivity index (χ4n) is 0.975. The Morgan fingerprint density at radius 1 is 1.62 bits per heavy atom. The minimum atomic E-state index is -0.976. The molecule has 0 saturated carbocycles. The van der Waals surface area contributed by atoms with Crippen LogP contribution in [-0.4, -0.2) is 22.2 Å². The highest BCUT2D eigenvalue weighted by Crippen LogP contribution is 2.22.